The first kappa shape index (κ1) is 24.3. The zero-order chi connectivity index (χ0) is 22.4. The Morgan fingerprint density at radius 3 is 2.42 bits per heavy atom. The number of thiazole rings is 1. The molecule has 0 atom stereocenters. The van der Waals surface area contributed by atoms with E-state index in [4.69, 9.17) is 9.84 Å². The highest BCUT2D eigenvalue weighted by atomic mass is 32.2. The van der Waals surface area contributed by atoms with Crippen molar-refractivity contribution < 1.29 is 19.4 Å². The number of carboxylic acid groups (broad SMARTS) is 1. The van der Waals surface area contributed by atoms with Crippen molar-refractivity contribution in [2.24, 2.45) is 0 Å². The lowest BCUT2D eigenvalue weighted by molar-refractivity contribution is -0.133. The molecule has 2 N–H and O–H groups in total. The Labute approximate surface area is 193 Å². The predicted octanol–water partition coefficient (Wildman–Crippen LogP) is 5.61. The molecular formula is C22H35N3O4S2. The van der Waals surface area contributed by atoms with Gasteiger partial charge in [0.05, 0.1) is 27.9 Å². The third-order valence-corrected chi connectivity index (χ3v) is 7.89. The molecule has 2 aliphatic carbocycles. The molecule has 1 aromatic heterocycles. The van der Waals surface area contributed by atoms with Crippen LogP contribution in [0, 0.1) is 0 Å². The van der Waals surface area contributed by atoms with Gasteiger partial charge in [-0.25, -0.2) is 9.78 Å². The van der Waals surface area contributed by atoms with Gasteiger partial charge in [0.1, 0.15) is 0 Å². The maximum absolute atomic E-state index is 13.3. The quantitative estimate of drug-likeness (QED) is 0.504. The Morgan fingerprint density at radius 1 is 1.16 bits per heavy atom. The smallest absolute Gasteiger partial charge is 0.324 e. The van der Waals surface area contributed by atoms with Crippen LogP contribution >= 0.6 is 23.1 Å². The third-order valence-electron chi connectivity index (χ3n) is 5.80. The number of hydrogen-bond acceptors (Lipinski definition) is 6. The number of aromatic nitrogens is 1. The largest absolute Gasteiger partial charge is 0.481 e. The molecule has 2 saturated carbocycles. The van der Waals surface area contributed by atoms with Crippen molar-refractivity contribution in [2.45, 2.75) is 107 Å². The van der Waals surface area contributed by atoms with E-state index in [1.807, 2.05) is 0 Å². The summed E-state index contributed by atoms with van der Waals surface area (Å²) in [5.74, 6) is -0.873. The summed E-state index contributed by atoms with van der Waals surface area (Å²) in [6.45, 7) is 6.29. The summed E-state index contributed by atoms with van der Waals surface area (Å²) in [6, 6.07) is 0.430. The number of carboxylic acids is 1. The van der Waals surface area contributed by atoms with Crippen molar-refractivity contribution in [3.8, 4) is 0 Å². The summed E-state index contributed by atoms with van der Waals surface area (Å²) in [7, 11) is 0. The number of amides is 2. The Kier molecular flexibility index (Phi) is 8.64. The summed E-state index contributed by atoms with van der Waals surface area (Å²) in [6.07, 6.45) is 11.5. The summed E-state index contributed by atoms with van der Waals surface area (Å²) in [5.41, 5.74) is -0.140. The molecule has 0 saturated heterocycles. The van der Waals surface area contributed by atoms with Crippen molar-refractivity contribution in [1.82, 2.24) is 9.88 Å². The number of carbonyl (C=O) groups is 2. The van der Waals surface area contributed by atoms with E-state index in [-0.39, 0.29) is 35.6 Å². The van der Waals surface area contributed by atoms with E-state index in [1.165, 1.54) is 42.4 Å². The van der Waals surface area contributed by atoms with Crippen LogP contribution in [0.5, 0.6) is 0 Å². The average Bonchev–Trinajstić information content (AvgIpc) is 3.15. The number of nitrogens with zero attached hydrogens (tertiary/aromatic N) is 2. The van der Waals surface area contributed by atoms with Gasteiger partial charge in [-0.2, -0.15) is 0 Å². The van der Waals surface area contributed by atoms with Crippen LogP contribution in [-0.2, 0) is 9.53 Å². The second-order valence-corrected chi connectivity index (χ2v) is 11.8. The molecule has 0 radical (unpaired) electrons. The first-order valence-corrected chi connectivity index (χ1v) is 13.1. The van der Waals surface area contributed by atoms with Gasteiger partial charge < -0.3 is 14.7 Å². The topological polar surface area (TPSA) is 91.8 Å². The number of aliphatic carboxylic acids is 1. The Balaban J connectivity index is 1.63. The van der Waals surface area contributed by atoms with E-state index in [0.717, 1.165) is 42.7 Å². The molecule has 3 rings (SSSR count). The lowest BCUT2D eigenvalue weighted by atomic mass is 9.87. The second kappa shape index (κ2) is 11.0. The van der Waals surface area contributed by atoms with Crippen molar-refractivity contribution in [2.75, 3.05) is 11.1 Å². The maximum Gasteiger partial charge on any atom is 0.324 e. The van der Waals surface area contributed by atoms with E-state index in [0.29, 0.717) is 5.13 Å². The molecule has 9 heteroatoms. The molecule has 1 heterocycles. The standard InChI is InChI=1S/C22H35N3O4S2/c1-22(2,3)29-17-11-9-16(10-12-17)25(15-7-5-4-6-8-15)21(28)24-20-23-13-19(31-20)30-14-18(26)27/h13,15-17H,4-12,14H2,1-3H3,(H,26,27)(H,23,24,28). The zero-order valence-electron chi connectivity index (χ0n) is 18.8. The summed E-state index contributed by atoms with van der Waals surface area (Å²) < 4.78 is 6.97. The lowest BCUT2D eigenvalue weighted by Gasteiger charge is -2.43. The number of carbonyl (C=O) groups excluding carboxylic acids is 1. The minimum atomic E-state index is -0.862. The van der Waals surface area contributed by atoms with Gasteiger partial charge in [-0.3, -0.25) is 10.1 Å². The number of nitrogens with one attached hydrogen (secondary N) is 1. The van der Waals surface area contributed by atoms with Crippen LogP contribution in [0.1, 0.15) is 78.6 Å². The van der Waals surface area contributed by atoms with Gasteiger partial charge in [0, 0.05) is 12.1 Å². The molecule has 0 unspecified atom stereocenters. The van der Waals surface area contributed by atoms with Gasteiger partial charge in [0.2, 0.25) is 0 Å². The molecule has 0 aliphatic heterocycles. The van der Waals surface area contributed by atoms with Gasteiger partial charge in [-0.1, -0.05) is 30.6 Å². The van der Waals surface area contributed by atoms with Crippen LogP contribution in [-0.4, -0.2) is 56.5 Å². The fraction of sp³-hybridized carbons (Fsp3) is 0.773. The first-order valence-electron chi connectivity index (χ1n) is 11.3. The van der Waals surface area contributed by atoms with Gasteiger partial charge >= 0.3 is 12.0 Å². The van der Waals surface area contributed by atoms with E-state index < -0.39 is 5.97 Å². The summed E-state index contributed by atoms with van der Waals surface area (Å²) in [5, 5.41) is 12.4. The third kappa shape index (κ3) is 7.64. The van der Waals surface area contributed by atoms with Gasteiger partial charge in [-0.05, 0) is 59.3 Å². The number of urea groups is 1. The summed E-state index contributed by atoms with van der Waals surface area (Å²) >= 11 is 2.55. The predicted molar refractivity (Wildman–Crippen MR) is 125 cm³/mol. The van der Waals surface area contributed by atoms with Crippen LogP contribution < -0.4 is 5.32 Å². The molecular weight excluding hydrogens is 434 g/mol. The molecule has 1 aromatic rings. The number of anilines is 1. The Bertz CT molecular complexity index is 735. The molecule has 0 spiro atoms. The Morgan fingerprint density at radius 2 is 1.81 bits per heavy atom. The normalized spacial score (nSPS) is 22.8. The highest BCUT2D eigenvalue weighted by Gasteiger charge is 2.35. The molecule has 7 nitrogen and oxygen atoms in total. The molecule has 2 fully saturated rings. The molecule has 2 amide bonds. The fourth-order valence-corrected chi connectivity index (χ4v) is 6.18. The molecule has 0 aromatic carbocycles. The number of hydrogen-bond donors (Lipinski definition) is 2. The zero-order valence-corrected chi connectivity index (χ0v) is 20.4. The number of rotatable bonds is 7. The van der Waals surface area contributed by atoms with E-state index in [9.17, 15) is 9.59 Å². The average molecular weight is 470 g/mol. The van der Waals surface area contributed by atoms with Gasteiger partial charge in [0.15, 0.2) is 5.13 Å². The van der Waals surface area contributed by atoms with Crippen molar-refractivity contribution >= 4 is 40.2 Å². The molecule has 0 bridgehead atoms. The molecule has 31 heavy (non-hydrogen) atoms. The lowest BCUT2D eigenvalue weighted by Crippen LogP contribution is -2.51. The van der Waals surface area contributed by atoms with Crippen LogP contribution in [0.3, 0.4) is 0 Å². The molecule has 174 valence electrons. The van der Waals surface area contributed by atoms with Crippen molar-refractivity contribution in [1.29, 1.82) is 0 Å². The molecule has 2 aliphatic rings. The minimum absolute atomic E-state index is 0.0103. The second-order valence-electron chi connectivity index (χ2n) is 9.46. The number of ether oxygens (including phenoxy) is 1. The van der Waals surface area contributed by atoms with E-state index in [1.54, 1.807) is 6.20 Å². The van der Waals surface area contributed by atoms with Crippen LogP contribution in [0.2, 0.25) is 0 Å². The summed E-state index contributed by atoms with van der Waals surface area (Å²) in [4.78, 5) is 30.5. The highest BCUT2D eigenvalue weighted by molar-refractivity contribution is 8.01. The first-order chi connectivity index (χ1) is 14.7. The minimum Gasteiger partial charge on any atom is -0.481 e. The SMILES string of the molecule is CC(C)(C)OC1CCC(N(C(=O)Nc2ncc(SCC(=O)O)s2)C2CCCCC2)CC1. The van der Waals surface area contributed by atoms with Crippen LogP contribution in [0.15, 0.2) is 10.4 Å². The Hall–Kier alpha value is -1.32. The fourth-order valence-electron chi connectivity index (χ4n) is 4.60. The maximum atomic E-state index is 13.3. The van der Waals surface area contributed by atoms with E-state index >= 15 is 0 Å². The monoisotopic (exact) mass is 469 g/mol. The van der Waals surface area contributed by atoms with Crippen LogP contribution in [0.25, 0.3) is 0 Å². The van der Waals surface area contributed by atoms with E-state index in [2.05, 4.69) is 36.0 Å². The van der Waals surface area contributed by atoms with Gasteiger partial charge in [0.25, 0.3) is 0 Å². The van der Waals surface area contributed by atoms with Crippen LogP contribution in [0.4, 0.5) is 9.93 Å². The van der Waals surface area contributed by atoms with Crippen molar-refractivity contribution in [3.05, 3.63) is 6.20 Å². The number of thioether (sulfide) groups is 1. The highest BCUT2D eigenvalue weighted by Crippen LogP contribution is 2.34. The van der Waals surface area contributed by atoms with Crippen molar-refractivity contribution in [3.63, 3.8) is 0 Å². The van der Waals surface area contributed by atoms with Gasteiger partial charge in [-0.15, -0.1) is 11.8 Å².